The fourth-order valence-electron chi connectivity index (χ4n) is 2.47. The third-order valence-electron chi connectivity index (χ3n) is 2.99. The first-order chi connectivity index (χ1) is 7.03. The van der Waals surface area contributed by atoms with E-state index in [2.05, 4.69) is 25.8 Å². The molecule has 1 aliphatic heterocycles. The van der Waals surface area contributed by atoms with Gasteiger partial charge < -0.3 is 15.4 Å². The zero-order valence-electron chi connectivity index (χ0n) is 10.5. The van der Waals surface area contributed by atoms with Crippen molar-refractivity contribution in [2.75, 3.05) is 26.7 Å². The van der Waals surface area contributed by atoms with Crippen LogP contribution in [0.15, 0.2) is 0 Å². The fourth-order valence-corrected chi connectivity index (χ4v) is 2.47. The molecule has 1 saturated heterocycles. The van der Waals surface area contributed by atoms with Crippen LogP contribution < -0.4 is 5.73 Å². The molecule has 2 unspecified atom stereocenters. The van der Waals surface area contributed by atoms with Gasteiger partial charge in [0.25, 0.3) is 0 Å². The maximum atomic E-state index is 6.22. The van der Waals surface area contributed by atoms with Gasteiger partial charge in [-0.2, -0.15) is 0 Å². The minimum Gasteiger partial charge on any atom is -0.377 e. The first-order valence-corrected chi connectivity index (χ1v) is 6.12. The Bertz CT molecular complexity index is 176. The first-order valence-electron chi connectivity index (χ1n) is 6.12. The van der Waals surface area contributed by atoms with Crippen molar-refractivity contribution in [2.24, 2.45) is 5.73 Å². The molecule has 3 heteroatoms. The number of nitrogens with two attached hydrogens (primary N) is 1. The van der Waals surface area contributed by atoms with E-state index in [1.807, 2.05) is 0 Å². The molecule has 0 aliphatic carbocycles. The predicted octanol–water partition coefficient (Wildman–Crippen LogP) is 1.61. The van der Waals surface area contributed by atoms with Gasteiger partial charge in [-0.15, -0.1) is 0 Å². The molecule has 2 atom stereocenters. The van der Waals surface area contributed by atoms with E-state index in [-0.39, 0.29) is 5.54 Å². The Morgan fingerprint density at radius 3 is 2.80 bits per heavy atom. The van der Waals surface area contributed by atoms with Crippen LogP contribution in [0.25, 0.3) is 0 Å². The lowest BCUT2D eigenvalue weighted by atomic mass is 9.97. The van der Waals surface area contributed by atoms with Gasteiger partial charge in [0, 0.05) is 25.2 Å². The Morgan fingerprint density at radius 1 is 1.53 bits per heavy atom. The lowest BCUT2D eigenvalue weighted by Gasteiger charge is -2.31. The number of likely N-dealkylation sites (N-methyl/N-ethyl adjacent to an activating group) is 1. The van der Waals surface area contributed by atoms with Gasteiger partial charge in [0.2, 0.25) is 0 Å². The predicted molar refractivity (Wildman–Crippen MR) is 64.0 cm³/mol. The van der Waals surface area contributed by atoms with E-state index in [0.29, 0.717) is 6.10 Å². The summed E-state index contributed by atoms with van der Waals surface area (Å²) in [5, 5.41) is 0. The lowest BCUT2D eigenvalue weighted by molar-refractivity contribution is 0.0747. The molecule has 1 fully saturated rings. The summed E-state index contributed by atoms with van der Waals surface area (Å²) in [6.07, 6.45) is 5.10. The highest BCUT2D eigenvalue weighted by atomic mass is 16.5. The fraction of sp³-hybridized carbons (Fsp3) is 1.00. The van der Waals surface area contributed by atoms with E-state index in [1.54, 1.807) is 0 Å². The van der Waals surface area contributed by atoms with Crippen LogP contribution in [-0.4, -0.2) is 43.3 Å². The summed E-state index contributed by atoms with van der Waals surface area (Å²) in [5.74, 6) is 0. The van der Waals surface area contributed by atoms with E-state index in [9.17, 15) is 0 Å². The minimum absolute atomic E-state index is 0.0535. The molecule has 1 heterocycles. The van der Waals surface area contributed by atoms with Crippen molar-refractivity contribution in [2.45, 2.75) is 51.2 Å². The second kappa shape index (κ2) is 5.83. The first kappa shape index (κ1) is 12.9. The monoisotopic (exact) mass is 214 g/mol. The van der Waals surface area contributed by atoms with Crippen molar-refractivity contribution >= 4 is 0 Å². The molecule has 90 valence electrons. The van der Waals surface area contributed by atoms with Gasteiger partial charge in [-0.25, -0.2) is 0 Å². The molecule has 0 amide bonds. The van der Waals surface area contributed by atoms with Gasteiger partial charge in [-0.05, 0) is 33.2 Å². The summed E-state index contributed by atoms with van der Waals surface area (Å²) in [5.41, 5.74) is 6.17. The SMILES string of the molecule is CCCC(C)(N)CN(C)CC1CCCO1. The summed E-state index contributed by atoms with van der Waals surface area (Å²) >= 11 is 0. The van der Waals surface area contributed by atoms with Crippen LogP contribution in [0.2, 0.25) is 0 Å². The summed E-state index contributed by atoms with van der Waals surface area (Å²) in [7, 11) is 2.14. The smallest absolute Gasteiger partial charge is 0.0702 e. The maximum absolute atomic E-state index is 6.22. The van der Waals surface area contributed by atoms with Crippen LogP contribution >= 0.6 is 0 Å². The number of rotatable bonds is 6. The van der Waals surface area contributed by atoms with Gasteiger partial charge >= 0.3 is 0 Å². The van der Waals surface area contributed by atoms with Gasteiger partial charge in [-0.3, -0.25) is 0 Å². The third-order valence-corrected chi connectivity index (χ3v) is 2.99. The molecule has 3 nitrogen and oxygen atoms in total. The standard InChI is InChI=1S/C12H26N2O/c1-4-7-12(2,13)10-14(3)9-11-6-5-8-15-11/h11H,4-10,13H2,1-3H3. The van der Waals surface area contributed by atoms with Crippen molar-refractivity contribution in [3.8, 4) is 0 Å². The van der Waals surface area contributed by atoms with Crippen molar-refractivity contribution < 1.29 is 4.74 Å². The Hall–Kier alpha value is -0.120. The second-order valence-electron chi connectivity index (χ2n) is 5.24. The molecule has 0 saturated carbocycles. The summed E-state index contributed by atoms with van der Waals surface area (Å²) in [6, 6.07) is 0. The molecule has 0 aromatic heterocycles. The van der Waals surface area contributed by atoms with Gasteiger partial charge in [0.1, 0.15) is 0 Å². The Kier molecular flexibility index (Phi) is 5.03. The Labute approximate surface area is 94.0 Å². The highest BCUT2D eigenvalue weighted by Gasteiger charge is 2.23. The molecule has 15 heavy (non-hydrogen) atoms. The zero-order chi connectivity index (χ0) is 11.3. The van der Waals surface area contributed by atoms with Crippen molar-refractivity contribution in [1.29, 1.82) is 0 Å². The number of nitrogens with zero attached hydrogens (tertiary/aromatic N) is 1. The Morgan fingerprint density at radius 2 is 2.27 bits per heavy atom. The molecular weight excluding hydrogens is 188 g/mol. The molecule has 1 rings (SSSR count). The second-order valence-corrected chi connectivity index (χ2v) is 5.24. The van der Waals surface area contributed by atoms with Gasteiger partial charge in [0.15, 0.2) is 0 Å². The topological polar surface area (TPSA) is 38.5 Å². The van der Waals surface area contributed by atoms with E-state index in [0.717, 1.165) is 32.5 Å². The molecule has 1 aliphatic rings. The van der Waals surface area contributed by atoms with Gasteiger partial charge in [-0.1, -0.05) is 13.3 Å². The average molecular weight is 214 g/mol. The van der Waals surface area contributed by atoms with Crippen molar-refractivity contribution in [3.63, 3.8) is 0 Å². The van der Waals surface area contributed by atoms with Crippen molar-refractivity contribution in [3.05, 3.63) is 0 Å². The largest absolute Gasteiger partial charge is 0.377 e. The molecule has 0 bridgehead atoms. The zero-order valence-corrected chi connectivity index (χ0v) is 10.5. The van der Waals surface area contributed by atoms with E-state index < -0.39 is 0 Å². The average Bonchev–Trinajstić information content (AvgIpc) is 2.54. The van der Waals surface area contributed by atoms with Crippen LogP contribution in [0, 0.1) is 0 Å². The molecule has 0 radical (unpaired) electrons. The van der Waals surface area contributed by atoms with Crippen LogP contribution in [0.4, 0.5) is 0 Å². The molecule has 0 spiro atoms. The normalized spacial score (nSPS) is 25.8. The van der Waals surface area contributed by atoms with Crippen LogP contribution in [-0.2, 0) is 4.74 Å². The maximum Gasteiger partial charge on any atom is 0.0702 e. The summed E-state index contributed by atoms with van der Waals surface area (Å²) in [6.45, 7) is 7.25. The number of hydrogen-bond acceptors (Lipinski definition) is 3. The molecule has 0 aromatic carbocycles. The summed E-state index contributed by atoms with van der Waals surface area (Å²) < 4.78 is 5.62. The quantitative estimate of drug-likeness (QED) is 0.730. The number of ether oxygens (including phenoxy) is 1. The van der Waals surface area contributed by atoms with Crippen molar-refractivity contribution in [1.82, 2.24) is 4.90 Å². The van der Waals surface area contributed by atoms with E-state index >= 15 is 0 Å². The lowest BCUT2D eigenvalue weighted by Crippen LogP contribution is -2.48. The van der Waals surface area contributed by atoms with E-state index in [4.69, 9.17) is 10.5 Å². The minimum atomic E-state index is -0.0535. The van der Waals surface area contributed by atoms with Crippen LogP contribution in [0.1, 0.15) is 39.5 Å². The summed E-state index contributed by atoms with van der Waals surface area (Å²) in [4.78, 5) is 2.31. The van der Waals surface area contributed by atoms with E-state index in [1.165, 1.54) is 12.8 Å². The van der Waals surface area contributed by atoms with Gasteiger partial charge in [0.05, 0.1) is 6.10 Å². The highest BCUT2D eigenvalue weighted by Crippen LogP contribution is 2.15. The molecular formula is C12H26N2O. The third kappa shape index (κ3) is 4.96. The number of hydrogen-bond donors (Lipinski definition) is 1. The molecule has 0 aromatic rings. The highest BCUT2D eigenvalue weighted by molar-refractivity contribution is 4.82. The van der Waals surface area contributed by atoms with Crippen LogP contribution in [0.5, 0.6) is 0 Å². The van der Waals surface area contributed by atoms with Crippen LogP contribution in [0.3, 0.4) is 0 Å². The molecule has 2 N–H and O–H groups in total. The Balaban J connectivity index is 2.24.